The summed E-state index contributed by atoms with van der Waals surface area (Å²) in [5, 5.41) is 2.97. The first-order chi connectivity index (χ1) is 15.2. The Hall–Kier alpha value is -3.40. The maximum Gasteiger partial charge on any atom is 0.417 e. The number of nitrogen functional groups attached to an aromatic ring is 1. The molecule has 0 saturated heterocycles. The maximum absolute atomic E-state index is 13.7. The summed E-state index contributed by atoms with van der Waals surface area (Å²) < 4.78 is 42.8. The SMILES string of the molecule is C[C@H](Nc1nc(N)ncc1Br)c1cc2cccc(C(F)(F)F)c2c(=O)n1-c1ccccc1. The van der Waals surface area contributed by atoms with Crippen LogP contribution in [-0.2, 0) is 6.18 Å². The van der Waals surface area contributed by atoms with Gasteiger partial charge in [0.25, 0.3) is 5.56 Å². The normalized spacial score (nSPS) is 12.7. The quantitative estimate of drug-likeness (QED) is 0.393. The minimum absolute atomic E-state index is 0.0525. The molecule has 32 heavy (non-hydrogen) atoms. The van der Waals surface area contributed by atoms with Crippen LogP contribution in [0.1, 0.15) is 24.2 Å². The molecule has 2 heterocycles. The van der Waals surface area contributed by atoms with Crippen LogP contribution < -0.4 is 16.6 Å². The second kappa shape index (κ2) is 8.27. The predicted octanol–water partition coefficient (Wildman–Crippen LogP) is 5.32. The van der Waals surface area contributed by atoms with E-state index in [9.17, 15) is 18.0 Å². The van der Waals surface area contributed by atoms with Gasteiger partial charge in [-0.05, 0) is 52.5 Å². The number of halogens is 4. The molecule has 0 spiro atoms. The number of rotatable bonds is 4. The molecule has 0 aliphatic rings. The monoisotopic (exact) mass is 503 g/mol. The molecule has 4 rings (SSSR count). The van der Waals surface area contributed by atoms with Gasteiger partial charge in [0.1, 0.15) is 5.82 Å². The van der Waals surface area contributed by atoms with Crippen molar-refractivity contribution in [2.24, 2.45) is 0 Å². The highest BCUT2D eigenvalue weighted by Crippen LogP contribution is 2.35. The molecule has 0 fully saturated rings. The summed E-state index contributed by atoms with van der Waals surface area (Å²) in [5.74, 6) is 0.442. The summed E-state index contributed by atoms with van der Waals surface area (Å²) in [6.45, 7) is 1.78. The van der Waals surface area contributed by atoms with Crippen molar-refractivity contribution in [2.75, 3.05) is 11.1 Å². The lowest BCUT2D eigenvalue weighted by Crippen LogP contribution is -2.27. The first-order valence-electron chi connectivity index (χ1n) is 9.52. The van der Waals surface area contributed by atoms with Crippen LogP contribution in [-0.4, -0.2) is 14.5 Å². The molecule has 2 aromatic heterocycles. The third-order valence-corrected chi connectivity index (χ3v) is 5.53. The first-order valence-corrected chi connectivity index (χ1v) is 10.3. The number of para-hydroxylation sites is 1. The Balaban J connectivity index is 1.98. The van der Waals surface area contributed by atoms with E-state index in [1.807, 2.05) is 0 Å². The molecule has 0 aliphatic heterocycles. The first kappa shape index (κ1) is 21.8. The van der Waals surface area contributed by atoms with Gasteiger partial charge in [-0.3, -0.25) is 9.36 Å². The van der Waals surface area contributed by atoms with Crippen molar-refractivity contribution >= 4 is 38.5 Å². The molecule has 0 aliphatic carbocycles. The number of nitrogens with one attached hydrogen (secondary N) is 1. The Morgan fingerprint density at radius 3 is 2.53 bits per heavy atom. The van der Waals surface area contributed by atoms with Crippen molar-refractivity contribution in [3.05, 3.63) is 86.9 Å². The number of fused-ring (bicyclic) bond motifs is 1. The number of nitrogens with zero attached hydrogens (tertiary/aromatic N) is 3. The Labute approximate surface area is 189 Å². The number of pyridine rings is 1. The third kappa shape index (κ3) is 4.05. The fraction of sp³-hybridized carbons (Fsp3) is 0.136. The summed E-state index contributed by atoms with van der Waals surface area (Å²) in [6.07, 6.45) is -3.18. The highest BCUT2D eigenvalue weighted by molar-refractivity contribution is 9.10. The highest BCUT2D eigenvalue weighted by Gasteiger charge is 2.34. The van der Waals surface area contributed by atoms with E-state index in [1.165, 1.54) is 22.9 Å². The van der Waals surface area contributed by atoms with Crippen LogP contribution in [0, 0.1) is 0 Å². The highest BCUT2D eigenvalue weighted by atomic mass is 79.9. The summed E-state index contributed by atoms with van der Waals surface area (Å²) in [7, 11) is 0. The maximum atomic E-state index is 13.7. The Morgan fingerprint density at radius 1 is 1.12 bits per heavy atom. The zero-order valence-corrected chi connectivity index (χ0v) is 18.3. The summed E-state index contributed by atoms with van der Waals surface area (Å²) in [6, 6.07) is 13.3. The molecular formula is C22H17BrF3N5O. The lowest BCUT2D eigenvalue weighted by molar-refractivity contribution is -0.136. The van der Waals surface area contributed by atoms with Crippen LogP contribution in [0.15, 0.2) is 70.1 Å². The minimum atomic E-state index is -4.66. The van der Waals surface area contributed by atoms with E-state index in [-0.39, 0.29) is 16.7 Å². The van der Waals surface area contributed by atoms with E-state index in [0.29, 0.717) is 21.7 Å². The van der Waals surface area contributed by atoms with Gasteiger partial charge < -0.3 is 11.1 Å². The number of nitrogens with two attached hydrogens (primary N) is 1. The van der Waals surface area contributed by atoms with Crippen molar-refractivity contribution in [2.45, 2.75) is 19.1 Å². The Kier molecular flexibility index (Phi) is 5.64. The van der Waals surface area contributed by atoms with E-state index >= 15 is 0 Å². The zero-order valence-electron chi connectivity index (χ0n) is 16.7. The van der Waals surface area contributed by atoms with Crippen LogP contribution in [0.25, 0.3) is 16.5 Å². The van der Waals surface area contributed by atoms with E-state index in [4.69, 9.17) is 5.73 Å². The molecule has 0 saturated carbocycles. The summed E-state index contributed by atoms with van der Waals surface area (Å²) >= 11 is 3.34. The van der Waals surface area contributed by atoms with Gasteiger partial charge in [0.2, 0.25) is 5.95 Å². The number of hydrogen-bond donors (Lipinski definition) is 2. The molecule has 2 aromatic carbocycles. The van der Waals surface area contributed by atoms with Crippen LogP contribution in [0.3, 0.4) is 0 Å². The van der Waals surface area contributed by atoms with Gasteiger partial charge in [-0.2, -0.15) is 18.2 Å². The second-order valence-electron chi connectivity index (χ2n) is 7.10. The van der Waals surface area contributed by atoms with Gasteiger partial charge in [0, 0.05) is 17.6 Å². The molecule has 6 nitrogen and oxygen atoms in total. The van der Waals surface area contributed by atoms with Crippen molar-refractivity contribution < 1.29 is 13.2 Å². The molecule has 4 aromatic rings. The lowest BCUT2D eigenvalue weighted by atomic mass is 10.0. The molecular weight excluding hydrogens is 487 g/mol. The van der Waals surface area contributed by atoms with Crippen LogP contribution in [0.5, 0.6) is 0 Å². The van der Waals surface area contributed by atoms with Crippen LogP contribution in [0.2, 0.25) is 0 Å². The van der Waals surface area contributed by atoms with E-state index in [2.05, 4.69) is 31.2 Å². The third-order valence-electron chi connectivity index (χ3n) is 4.95. The molecule has 0 amide bonds. The van der Waals surface area contributed by atoms with Gasteiger partial charge in [-0.25, -0.2) is 4.98 Å². The van der Waals surface area contributed by atoms with E-state index in [1.54, 1.807) is 43.3 Å². The molecule has 0 radical (unpaired) electrons. The predicted molar refractivity (Wildman–Crippen MR) is 121 cm³/mol. The molecule has 0 bridgehead atoms. The van der Waals surface area contributed by atoms with Crippen molar-refractivity contribution in [1.29, 1.82) is 0 Å². The van der Waals surface area contributed by atoms with Crippen LogP contribution >= 0.6 is 15.9 Å². The van der Waals surface area contributed by atoms with Crippen molar-refractivity contribution in [3.8, 4) is 5.69 Å². The molecule has 1 atom stereocenters. The standard InChI is InChI=1S/C22H17BrF3N5O/c1-12(29-19-16(23)11-28-21(27)30-19)17-10-13-6-5-9-15(22(24,25)26)18(13)20(32)31(17)14-7-3-2-4-8-14/h2-12H,1H3,(H3,27,28,29,30)/t12-/m0/s1. The number of aromatic nitrogens is 3. The van der Waals surface area contributed by atoms with Gasteiger partial charge in [0.15, 0.2) is 0 Å². The number of hydrogen-bond acceptors (Lipinski definition) is 5. The zero-order chi connectivity index (χ0) is 23.0. The summed E-state index contributed by atoms with van der Waals surface area (Å²) in [5.41, 5.74) is 4.85. The van der Waals surface area contributed by atoms with E-state index in [0.717, 1.165) is 6.07 Å². The average molecular weight is 504 g/mol. The molecule has 10 heteroatoms. The fourth-order valence-electron chi connectivity index (χ4n) is 3.54. The minimum Gasteiger partial charge on any atom is -0.368 e. The smallest absolute Gasteiger partial charge is 0.368 e. The molecule has 164 valence electrons. The summed E-state index contributed by atoms with van der Waals surface area (Å²) in [4.78, 5) is 21.5. The molecule has 3 N–H and O–H groups in total. The number of alkyl halides is 3. The largest absolute Gasteiger partial charge is 0.417 e. The van der Waals surface area contributed by atoms with Gasteiger partial charge in [-0.15, -0.1) is 0 Å². The lowest BCUT2D eigenvalue weighted by Gasteiger charge is -2.22. The molecule has 0 unspecified atom stereocenters. The Bertz CT molecular complexity index is 1360. The van der Waals surface area contributed by atoms with Gasteiger partial charge in [0.05, 0.1) is 21.5 Å². The van der Waals surface area contributed by atoms with Crippen molar-refractivity contribution in [3.63, 3.8) is 0 Å². The van der Waals surface area contributed by atoms with E-state index < -0.39 is 23.3 Å². The average Bonchev–Trinajstić information content (AvgIpc) is 2.75. The van der Waals surface area contributed by atoms with Crippen molar-refractivity contribution in [1.82, 2.24) is 14.5 Å². The van der Waals surface area contributed by atoms with Crippen LogP contribution in [0.4, 0.5) is 24.9 Å². The number of anilines is 2. The van der Waals surface area contributed by atoms with Gasteiger partial charge >= 0.3 is 6.18 Å². The second-order valence-corrected chi connectivity index (χ2v) is 7.96. The number of benzene rings is 2. The fourth-order valence-corrected chi connectivity index (χ4v) is 3.85. The topological polar surface area (TPSA) is 85.8 Å². The Morgan fingerprint density at radius 2 is 1.84 bits per heavy atom. The van der Waals surface area contributed by atoms with Gasteiger partial charge in [-0.1, -0.05) is 30.3 Å².